The van der Waals surface area contributed by atoms with E-state index in [2.05, 4.69) is 35.7 Å². The number of pyridine rings is 1. The van der Waals surface area contributed by atoms with Crippen LogP contribution in [-0.2, 0) is 6.54 Å². The molecule has 0 spiro atoms. The SMILES string of the molecule is FC(F)c1nnc(-c2ccc(Cn3cc(-c4cncc(-c5cn[nH]c5)c4)nn3)cc2)o1. The number of nitrogens with zero attached hydrogens (tertiary/aromatic N) is 7. The topological polar surface area (TPSA) is 111 Å². The molecule has 5 rings (SSSR count). The molecule has 9 nitrogen and oxygen atoms in total. The van der Waals surface area contributed by atoms with E-state index in [4.69, 9.17) is 4.42 Å². The zero-order valence-electron chi connectivity index (χ0n) is 15.9. The van der Waals surface area contributed by atoms with Crippen LogP contribution >= 0.6 is 0 Å². The first kappa shape index (κ1) is 18.7. The highest BCUT2D eigenvalue weighted by atomic mass is 19.3. The number of hydrogen-bond donors (Lipinski definition) is 1. The summed E-state index contributed by atoms with van der Waals surface area (Å²) in [6.45, 7) is 0.480. The molecule has 0 unspecified atom stereocenters. The molecule has 0 aliphatic rings. The van der Waals surface area contributed by atoms with Gasteiger partial charge in [0.05, 0.1) is 18.9 Å². The van der Waals surface area contributed by atoms with Gasteiger partial charge in [-0.15, -0.1) is 15.3 Å². The van der Waals surface area contributed by atoms with Crippen molar-refractivity contribution < 1.29 is 13.2 Å². The molecule has 4 aromatic heterocycles. The van der Waals surface area contributed by atoms with Crippen molar-refractivity contribution in [2.75, 3.05) is 0 Å². The minimum Gasteiger partial charge on any atom is -0.415 e. The lowest BCUT2D eigenvalue weighted by atomic mass is 10.1. The fourth-order valence-electron chi connectivity index (χ4n) is 3.03. The van der Waals surface area contributed by atoms with Crippen molar-refractivity contribution in [3.63, 3.8) is 0 Å². The minimum absolute atomic E-state index is 0.0508. The van der Waals surface area contributed by atoms with Gasteiger partial charge in [-0.25, -0.2) is 4.68 Å². The maximum Gasteiger partial charge on any atom is 0.314 e. The highest BCUT2D eigenvalue weighted by molar-refractivity contribution is 5.68. The van der Waals surface area contributed by atoms with E-state index in [1.165, 1.54) is 0 Å². The third kappa shape index (κ3) is 3.92. The highest BCUT2D eigenvalue weighted by Crippen LogP contribution is 2.25. The summed E-state index contributed by atoms with van der Waals surface area (Å²) < 4.78 is 31.9. The van der Waals surface area contributed by atoms with E-state index in [-0.39, 0.29) is 5.89 Å². The van der Waals surface area contributed by atoms with Crippen LogP contribution in [0.2, 0.25) is 0 Å². The third-order valence-electron chi connectivity index (χ3n) is 4.58. The molecular weight excluding hydrogens is 406 g/mol. The molecule has 0 radical (unpaired) electrons. The van der Waals surface area contributed by atoms with Crippen LogP contribution in [0.3, 0.4) is 0 Å². The standard InChI is InChI=1S/C20H14F2N8O/c21-18(22)20-28-27-19(31-20)13-3-1-12(2-4-13)10-30-11-17(26-29-30)15-5-14(6-23-7-15)16-8-24-25-9-16/h1-9,11,18H,10H2,(H,24,25). The molecule has 0 aliphatic carbocycles. The molecule has 0 saturated heterocycles. The average Bonchev–Trinajstić information content (AvgIpc) is 3.56. The Hall–Kier alpha value is -4.28. The number of halogens is 2. The first-order valence-corrected chi connectivity index (χ1v) is 9.21. The predicted octanol–water partition coefficient (Wildman–Crippen LogP) is 3.77. The summed E-state index contributed by atoms with van der Waals surface area (Å²) in [7, 11) is 0. The maximum atomic E-state index is 12.6. The number of alkyl halides is 2. The van der Waals surface area contributed by atoms with Crippen LogP contribution in [0.5, 0.6) is 0 Å². The number of aromatic amines is 1. The van der Waals surface area contributed by atoms with Crippen molar-refractivity contribution in [3.05, 3.63) is 72.8 Å². The molecule has 4 heterocycles. The molecule has 0 aliphatic heterocycles. The van der Waals surface area contributed by atoms with Crippen LogP contribution in [0.15, 0.2) is 65.7 Å². The lowest BCUT2D eigenvalue weighted by Gasteiger charge is -2.02. The molecular formula is C20H14F2N8O. The summed E-state index contributed by atoms with van der Waals surface area (Å²) in [6, 6.07) is 9.11. The molecule has 154 valence electrons. The van der Waals surface area contributed by atoms with Crippen molar-refractivity contribution in [1.82, 2.24) is 40.4 Å². The van der Waals surface area contributed by atoms with Crippen molar-refractivity contribution in [2.24, 2.45) is 0 Å². The fraction of sp³-hybridized carbons (Fsp3) is 0.100. The Morgan fingerprint density at radius 1 is 0.935 bits per heavy atom. The van der Waals surface area contributed by atoms with Gasteiger partial charge in [0.2, 0.25) is 5.89 Å². The van der Waals surface area contributed by atoms with Gasteiger partial charge >= 0.3 is 6.43 Å². The van der Waals surface area contributed by atoms with Gasteiger partial charge in [0.25, 0.3) is 5.89 Å². The van der Waals surface area contributed by atoms with Crippen molar-refractivity contribution in [2.45, 2.75) is 13.0 Å². The molecule has 5 aromatic rings. The number of rotatable bonds is 6. The lowest BCUT2D eigenvalue weighted by molar-refractivity contribution is 0.116. The Bertz CT molecular complexity index is 1290. The smallest absolute Gasteiger partial charge is 0.314 e. The van der Waals surface area contributed by atoms with Gasteiger partial charge in [0.1, 0.15) is 5.69 Å². The van der Waals surface area contributed by atoms with Crippen LogP contribution < -0.4 is 0 Å². The van der Waals surface area contributed by atoms with E-state index in [1.807, 2.05) is 24.4 Å². The van der Waals surface area contributed by atoms with Crippen LogP contribution in [0.4, 0.5) is 8.78 Å². The monoisotopic (exact) mass is 420 g/mol. The quantitative estimate of drug-likeness (QED) is 0.445. The summed E-state index contributed by atoms with van der Waals surface area (Å²) >= 11 is 0. The normalized spacial score (nSPS) is 11.3. The van der Waals surface area contributed by atoms with Crippen LogP contribution in [0.25, 0.3) is 33.8 Å². The highest BCUT2D eigenvalue weighted by Gasteiger charge is 2.17. The molecule has 0 amide bonds. The average molecular weight is 420 g/mol. The van der Waals surface area contributed by atoms with E-state index in [1.54, 1.807) is 41.6 Å². The third-order valence-corrected chi connectivity index (χ3v) is 4.58. The van der Waals surface area contributed by atoms with Gasteiger partial charge in [0.15, 0.2) is 0 Å². The van der Waals surface area contributed by atoms with E-state index in [0.717, 1.165) is 22.3 Å². The Morgan fingerprint density at radius 3 is 2.52 bits per heavy atom. The van der Waals surface area contributed by atoms with Crippen molar-refractivity contribution in [3.8, 4) is 33.8 Å². The Labute approximate surface area is 173 Å². The first-order chi connectivity index (χ1) is 15.2. The number of hydrogen-bond acceptors (Lipinski definition) is 7. The summed E-state index contributed by atoms with van der Waals surface area (Å²) in [5.74, 6) is -0.643. The molecule has 1 aromatic carbocycles. The predicted molar refractivity (Wildman–Crippen MR) is 105 cm³/mol. The largest absolute Gasteiger partial charge is 0.415 e. The summed E-state index contributed by atoms with van der Waals surface area (Å²) in [5.41, 5.74) is 4.89. The Morgan fingerprint density at radius 2 is 1.77 bits per heavy atom. The lowest BCUT2D eigenvalue weighted by Crippen LogP contribution is -2.00. The van der Waals surface area contributed by atoms with E-state index in [0.29, 0.717) is 17.8 Å². The van der Waals surface area contributed by atoms with E-state index in [9.17, 15) is 8.78 Å². The second-order valence-electron chi connectivity index (χ2n) is 6.69. The number of nitrogens with one attached hydrogen (secondary N) is 1. The Balaban J connectivity index is 1.31. The molecule has 0 bridgehead atoms. The minimum atomic E-state index is -2.79. The number of aromatic nitrogens is 8. The number of benzene rings is 1. The second-order valence-corrected chi connectivity index (χ2v) is 6.69. The molecule has 0 saturated carbocycles. The number of H-pyrrole nitrogens is 1. The van der Waals surface area contributed by atoms with E-state index >= 15 is 0 Å². The van der Waals surface area contributed by atoms with Gasteiger partial charge < -0.3 is 4.42 Å². The van der Waals surface area contributed by atoms with Gasteiger partial charge in [-0.3, -0.25) is 10.1 Å². The van der Waals surface area contributed by atoms with Crippen LogP contribution in [0.1, 0.15) is 17.9 Å². The summed E-state index contributed by atoms with van der Waals surface area (Å²) in [6.07, 6.45) is 6.04. The second kappa shape index (κ2) is 7.86. The van der Waals surface area contributed by atoms with Gasteiger partial charge in [-0.2, -0.15) is 13.9 Å². The molecule has 31 heavy (non-hydrogen) atoms. The van der Waals surface area contributed by atoms with Crippen LogP contribution in [0, 0.1) is 0 Å². The summed E-state index contributed by atoms with van der Waals surface area (Å²) in [5, 5.41) is 22.1. The zero-order valence-corrected chi connectivity index (χ0v) is 15.9. The van der Waals surface area contributed by atoms with Crippen molar-refractivity contribution in [1.29, 1.82) is 0 Å². The van der Waals surface area contributed by atoms with E-state index < -0.39 is 12.3 Å². The molecule has 0 atom stereocenters. The van der Waals surface area contributed by atoms with Gasteiger partial charge in [-0.05, 0) is 23.8 Å². The molecule has 1 N–H and O–H groups in total. The fourth-order valence-corrected chi connectivity index (χ4v) is 3.03. The van der Waals surface area contributed by atoms with Gasteiger partial charge in [-0.1, -0.05) is 17.3 Å². The zero-order chi connectivity index (χ0) is 21.2. The summed E-state index contributed by atoms with van der Waals surface area (Å²) in [4.78, 5) is 4.28. The molecule has 0 fully saturated rings. The maximum absolute atomic E-state index is 12.6. The van der Waals surface area contributed by atoms with Gasteiger partial charge in [0, 0.05) is 40.8 Å². The molecule has 11 heteroatoms. The van der Waals surface area contributed by atoms with Crippen LogP contribution in [-0.4, -0.2) is 40.4 Å². The van der Waals surface area contributed by atoms with Crippen molar-refractivity contribution >= 4 is 0 Å². The Kier molecular flexibility index (Phi) is 4.75. The first-order valence-electron chi connectivity index (χ1n) is 9.21.